The second kappa shape index (κ2) is 6.06. The Balaban J connectivity index is 1.73. The fourth-order valence-electron chi connectivity index (χ4n) is 2.82. The molecule has 106 valence electrons. The fourth-order valence-corrected chi connectivity index (χ4v) is 4.08. The first kappa shape index (κ1) is 13.8. The maximum atomic E-state index is 6.39. The quantitative estimate of drug-likeness (QED) is 0.867. The Morgan fingerprint density at radius 1 is 1.25 bits per heavy atom. The smallest absolute Gasteiger partial charge is 0.0446 e. The Labute approximate surface area is 125 Å². The average Bonchev–Trinajstić information content (AvgIpc) is 2.73. The van der Waals surface area contributed by atoms with Crippen LogP contribution < -0.4 is 5.73 Å². The molecule has 0 radical (unpaired) electrons. The van der Waals surface area contributed by atoms with Gasteiger partial charge in [0.15, 0.2) is 0 Å². The van der Waals surface area contributed by atoms with E-state index in [2.05, 4.69) is 30.1 Å². The van der Waals surface area contributed by atoms with Crippen molar-refractivity contribution in [2.75, 3.05) is 0 Å². The van der Waals surface area contributed by atoms with Crippen LogP contribution in [0.4, 0.5) is 0 Å². The zero-order valence-electron chi connectivity index (χ0n) is 12.1. The summed E-state index contributed by atoms with van der Waals surface area (Å²) in [6.07, 6.45) is 9.28. The average molecular weight is 286 g/mol. The molecular formula is C17H22N2S. The van der Waals surface area contributed by atoms with Crippen molar-refractivity contribution in [1.82, 2.24) is 4.98 Å². The van der Waals surface area contributed by atoms with Crippen LogP contribution in [0.15, 0.2) is 24.4 Å². The number of nitrogens with zero attached hydrogens (tertiary/aromatic N) is 1. The summed E-state index contributed by atoms with van der Waals surface area (Å²) >= 11 is 1.93. The van der Waals surface area contributed by atoms with Crippen molar-refractivity contribution in [3.05, 3.63) is 51.0 Å². The highest BCUT2D eigenvalue weighted by molar-refractivity contribution is 7.12. The van der Waals surface area contributed by atoms with Crippen LogP contribution in [0.3, 0.4) is 0 Å². The van der Waals surface area contributed by atoms with E-state index in [1.54, 1.807) is 10.4 Å². The predicted octanol–water partition coefficient (Wildman–Crippen LogP) is 3.96. The topological polar surface area (TPSA) is 38.9 Å². The number of nitrogens with two attached hydrogens (primary N) is 1. The highest BCUT2D eigenvalue weighted by atomic mass is 32.1. The van der Waals surface area contributed by atoms with Crippen LogP contribution in [0.5, 0.6) is 0 Å². The Morgan fingerprint density at radius 3 is 2.90 bits per heavy atom. The van der Waals surface area contributed by atoms with Gasteiger partial charge in [0.2, 0.25) is 0 Å². The van der Waals surface area contributed by atoms with Crippen molar-refractivity contribution in [2.45, 2.75) is 51.5 Å². The molecule has 1 atom stereocenters. The Hall–Kier alpha value is -1.19. The summed E-state index contributed by atoms with van der Waals surface area (Å²) in [5.74, 6) is 0. The first-order valence-electron chi connectivity index (χ1n) is 7.51. The number of hydrogen-bond acceptors (Lipinski definition) is 3. The van der Waals surface area contributed by atoms with Crippen molar-refractivity contribution in [2.24, 2.45) is 5.73 Å². The molecule has 1 aliphatic carbocycles. The first-order valence-corrected chi connectivity index (χ1v) is 8.32. The number of aromatic nitrogens is 1. The maximum Gasteiger partial charge on any atom is 0.0446 e. The minimum atomic E-state index is 0.0853. The summed E-state index contributed by atoms with van der Waals surface area (Å²) in [5, 5.41) is 0. The van der Waals surface area contributed by atoms with Gasteiger partial charge in [0.1, 0.15) is 0 Å². The molecule has 2 aromatic heterocycles. The van der Waals surface area contributed by atoms with Gasteiger partial charge in [-0.05, 0) is 55.9 Å². The van der Waals surface area contributed by atoms with Crippen LogP contribution in [0.1, 0.15) is 51.9 Å². The molecule has 3 heteroatoms. The van der Waals surface area contributed by atoms with E-state index in [1.165, 1.54) is 42.5 Å². The lowest BCUT2D eigenvalue weighted by atomic mass is 10.1. The first-order chi connectivity index (χ1) is 9.72. The molecule has 1 aliphatic rings. The van der Waals surface area contributed by atoms with Gasteiger partial charge in [-0.3, -0.25) is 4.98 Å². The van der Waals surface area contributed by atoms with E-state index in [0.717, 1.165) is 12.1 Å². The van der Waals surface area contributed by atoms with Crippen molar-refractivity contribution in [1.29, 1.82) is 0 Å². The Kier molecular flexibility index (Phi) is 4.18. The van der Waals surface area contributed by atoms with E-state index in [1.807, 2.05) is 17.5 Å². The van der Waals surface area contributed by atoms with E-state index in [-0.39, 0.29) is 6.04 Å². The Bertz CT molecular complexity index is 548. The third-order valence-electron chi connectivity index (χ3n) is 4.03. The lowest BCUT2D eigenvalue weighted by Crippen LogP contribution is -2.12. The largest absolute Gasteiger partial charge is 0.323 e. The van der Waals surface area contributed by atoms with Gasteiger partial charge in [-0.1, -0.05) is 12.5 Å². The van der Waals surface area contributed by atoms with E-state index in [0.29, 0.717) is 0 Å². The van der Waals surface area contributed by atoms with E-state index in [4.69, 9.17) is 5.73 Å². The molecule has 0 amide bonds. The standard InChI is InChI=1S/C17H22N2S/c1-12-7-8-14(19-11-12)10-15(18)17-9-13-5-3-2-4-6-16(13)20-17/h7-9,11,15H,2-6,10,18H2,1H3. The fraction of sp³-hybridized carbons (Fsp3) is 0.471. The lowest BCUT2D eigenvalue weighted by molar-refractivity contribution is 0.706. The molecule has 1 unspecified atom stereocenters. The molecule has 2 heterocycles. The maximum absolute atomic E-state index is 6.39. The second-order valence-electron chi connectivity index (χ2n) is 5.80. The molecule has 0 saturated heterocycles. The number of rotatable bonds is 3. The van der Waals surface area contributed by atoms with Gasteiger partial charge >= 0.3 is 0 Å². The van der Waals surface area contributed by atoms with Crippen molar-refractivity contribution < 1.29 is 0 Å². The second-order valence-corrected chi connectivity index (χ2v) is 6.96. The molecule has 0 aliphatic heterocycles. The summed E-state index contributed by atoms with van der Waals surface area (Å²) in [6, 6.07) is 6.64. The summed E-state index contributed by atoms with van der Waals surface area (Å²) in [7, 11) is 0. The molecule has 0 spiro atoms. The zero-order chi connectivity index (χ0) is 13.9. The predicted molar refractivity (Wildman–Crippen MR) is 85.2 cm³/mol. The zero-order valence-corrected chi connectivity index (χ0v) is 12.9. The summed E-state index contributed by atoms with van der Waals surface area (Å²) in [5.41, 5.74) is 10.2. The van der Waals surface area contributed by atoms with Crippen LogP contribution >= 0.6 is 11.3 Å². The number of thiophene rings is 1. The van der Waals surface area contributed by atoms with Gasteiger partial charge in [-0.2, -0.15) is 0 Å². The van der Waals surface area contributed by atoms with Gasteiger partial charge in [0, 0.05) is 34.1 Å². The Morgan fingerprint density at radius 2 is 2.10 bits per heavy atom. The minimum Gasteiger partial charge on any atom is -0.323 e. The molecular weight excluding hydrogens is 264 g/mol. The van der Waals surface area contributed by atoms with Crippen LogP contribution in [0.25, 0.3) is 0 Å². The van der Waals surface area contributed by atoms with Crippen LogP contribution in [0.2, 0.25) is 0 Å². The molecule has 0 saturated carbocycles. The van der Waals surface area contributed by atoms with Crippen LogP contribution in [-0.4, -0.2) is 4.98 Å². The monoisotopic (exact) mass is 286 g/mol. The molecule has 0 aromatic carbocycles. The van der Waals surface area contributed by atoms with E-state index >= 15 is 0 Å². The molecule has 20 heavy (non-hydrogen) atoms. The van der Waals surface area contributed by atoms with Crippen LogP contribution in [-0.2, 0) is 19.3 Å². The van der Waals surface area contributed by atoms with Crippen molar-refractivity contribution in [3.8, 4) is 0 Å². The third-order valence-corrected chi connectivity index (χ3v) is 5.40. The van der Waals surface area contributed by atoms with Gasteiger partial charge in [0.05, 0.1) is 0 Å². The van der Waals surface area contributed by atoms with Gasteiger partial charge in [-0.15, -0.1) is 11.3 Å². The lowest BCUT2D eigenvalue weighted by Gasteiger charge is -2.09. The molecule has 3 rings (SSSR count). The molecule has 2 N–H and O–H groups in total. The number of pyridine rings is 1. The molecule has 2 aromatic rings. The number of fused-ring (bicyclic) bond motifs is 1. The van der Waals surface area contributed by atoms with Gasteiger partial charge in [0.25, 0.3) is 0 Å². The van der Waals surface area contributed by atoms with Crippen molar-refractivity contribution in [3.63, 3.8) is 0 Å². The summed E-state index contributed by atoms with van der Waals surface area (Å²) in [4.78, 5) is 7.37. The molecule has 2 nitrogen and oxygen atoms in total. The van der Waals surface area contributed by atoms with Crippen molar-refractivity contribution >= 4 is 11.3 Å². The summed E-state index contributed by atoms with van der Waals surface area (Å²) < 4.78 is 0. The highest BCUT2D eigenvalue weighted by Crippen LogP contribution is 2.32. The van der Waals surface area contributed by atoms with E-state index in [9.17, 15) is 0 Å². The van der Waals surface area contributed by atoms with Crippen LogP contribution in [0, 0.1) is 6.92 Å². The number of hydrogen-bond donors (Lipinski definition) is 1. The normalized spacial score (nSPS) is 16.5. The van der Waals surface area contributed by atoms with Gasteiger partial charge in [-0.25, -0.2) is 0 Å². The molecule has 0 bridgehead atoms. The third kappa shape index (κ3) is 3.10. The van der Waals surface area contributed by atoms with E-state index < -0.39 is 0 Å². The minimum absolute atomic E-state index is 0.0853. The summed E-state index contributed by atoms with van der Waals surface area (Å²) in [6.45, 7) is 2.06. The molecule has 0 fully saturated rings. The highest BCUT2D eigenvalue weighted by Gasteiger charge is 2.16. The SMILES string of the molecule is Cc1ccc(CC(N)c2cc3c(s2)CCCCC3)nc1. The van der Waals surface area contributed by atoms with Gasteiger partial charge < -0.3 is 5.73 Å². The number of aryl methyl sites for hydroxylation is 3.